The van der Waals surface area contributed by atoms with Crippen molar-refractivity contribution < 1.29 is 73.1 Å². The minimum Gasteiger partial charge on any atom is -0.478 e. The van der Waals surface area contributed by atoms with Gasteiger partial charge in [0.05, 0.1) is 54.0 Å². The monoisotopic (exact) mass is 1400 g/mol. The van der Waals surface area contributed by atoms with Gasteiger partial charge in [0.25, 0.3) is 35.8 Å². The zero-order valence-corrected chi connectivity index (χ0v) is 56.0. The Balaban J connectivity index is 0.000000207. The van der Waals surface area contributed by atoms with Gasteiger partial charge in [-0.1, -0.05) is 164 Å². The topological polar surface area (TPSA) is 294 Å². The van der Waals surface area contributed by atoms with Gasteiger partial charge in [-0.15, -0.1) is 0 Å². The van der Waals surface area contributed by atoms with Gasteiger partial charge in [0, 0.05) is 6.07 Å². The molecule has 0 aliphatic rings. The third kappa shape index (κ3) is 22.5. The number of anilines is 3. The van der Waals surface area contributed by atoms with Crippen molar-refractivity contribution in [2.24, 2.45) is 0 Å². The lowest BCUT2D eigenvalue weighted by molar-refractivity contribution is -0.387. The van der Waals surface area contributed by atoms with E-state index >= 15 is 0 Å². The lowest BCUT2D eigenvalue weighted by Crippen LogP contribution is -2.15. The molecule has 0 bridgehead atoms. The number of para-hydroxylation sites is 4. The Morgan fingerprint density at radius 2 is 0.704 bits per heavy atom. The molecule has 514 valence electrons. The highest BCUT2D eigenvalue weighted by molar-refractivity contribution is 7.93. The van der Waals surface area contributed by atoms with Crippen LogP contribution in [0.4, 0.5) is 35.9 Å². The number of nitro groups is 1. The van der Waals surface area contributed by atoms with E-state index < -0.39 is 75.2 Å². The molecular weight excluding hydrogens is 1320 g/mol. The van der Waals surface area contributed by atoms with Crippen molar-refractivity contribution in [1.29, 1.82) is 0 Å². The number of rotatable bonds is 31. The number of aryl methyl sites for hydroxylation is 7. The molecule has 98 heavy (non-hydrogen) atoms. The summed E-state index contributed by atoms with van der Waals surface area (Å²) in [6.07, 6.45) is 6.63. The van der Waals surface area contributed by atoms with E-state index in [0.717, 1.165) is 127 Å². The van der Waals surface area contributed by atoms with Gasteiger partial charge in [-0.3, -0.25) is 24.3 Å². The highest BCUT2D eigenvalue weighted by atomic mass is 32.2. The number of carboxylic acid groups (broad SMARTS) is 3. The van der Waals surface area contributed by atoms with Crippen molar-refractivity contribution >= 4 is 70.7 Å². The predicted octanol–water partition coefficient (Wildman–Crippen LogP) is 16.7. The molecule has 0 atom stereocenters. The Hall–Kier alpha value is -10.2. The minimum atomic E-state index is -4.64. The average molecular weight is 1400 g/mol. The second-order valence-corrected chi connectivity index (χ2v) is 27.9. The first-order chi connectivity index (χ1) is 46.7. The second kappa shape index (κ2) is 35.7. The number of benzene rings is 9. The number of sulfonamides is 3. The molecule has 6 N–H and O–H groups in total. The Kier molecular flexibility index (Phi) is 27.4. The quantitative estimate of drug-likeness (QED) is 0.0134. The van der Waals surface area contributed by atoms with Gasteiger partial charge in [0.1, 0.15) is 0 Å². The molecule has 9 aromatic rings. The Morgan fingerprint density at radius 3 is 1.07 bits per heavy atom. The number of nitro benzene ring substituents is 1. The Labute approximate surface area is 568 Å². The van der Waals surface area contributed by atoms with Crippen LogP contribution in [0.3, 0.4) is 0 Å². The lowest BCUT2D eigenvalue weighted by Gasteiger charge is -2.14. The van der Waals surface area contributed by atoms with E-state index in [1.54, 1.807) is 121 Å². The molecule has 18 nitrogen and oxygen atoms in total. The SMILES string of the molecule is Cc1ccc(S(=O)(=O)Nc2ccccc2CCCCCc2ccccc2C(=O)O)cc1.O=C(O)c1ccccc1CCCCCc1ccccc1NS(=O)(=O)c1cccc(C(F)(F)F)c1.O=C(O)c1ccccc1CCCCCc1ccccc1NS(=O)(=O)c1ccccc1[N+](=O)[O-]. The molecule has 0 heterocycles. The maximum atomic E-state index is 13.0. The normalized spacial score (nSPS) is 11.4. The molecular formula is C74H75F3N4O14S3. The molecule has 0 aromatic heterocycles. The van der Waals surface area contributed by atoms with Crippen molar-refractivity contribution in [2.45, 2.75) is 124 Å². The van der Waals surface area contributed by atoms with Crippen molar-refractivity contribution in [3.05, 3.63) is 290 Å². The minimum absolute atomic E-state index is 0.241. The summed E-state index contributed by atoms with van der Waals surface area (Å²) in [5.74, 6) is -2.80. The van der Waals surface area contributed by atoms with E-state index in [1.807, 2.05) is 55.5 Å². The third-order valence-electron chi connectivity index (χ3n) is 15.9. The number of unbranched alkanes of at least 4 members (excludes halogenated alkanes) is 6. The van der Waals surface area contributed by atoms with Crippen LogP contribution in [0, 0.1) is 17.0 Å². The van der Waals surface area contributed by atoms with Gasteiger partial charge in [0.2, 0.25) is 0 Å². The fourth-order valence-corrected chi connectivity index (χ4v) is 14.3. The van der Waals surface area contributed by atoms with Crippen LogP contribution in [0.2, 0.25) is 0 Å². The lowest BCUT2D eigenvalue weighted by atomic mass is 9.99. The molecule has 0 spiro atoms. The first kappa shape index (κ1) is 75.2. The molecule has 0 saturated heterocycles. The summed E-state index contributed by atoms with van der Waals surface area (Å²) < 4.78 is 123. The number of hydrogen-bond donors (Lipinski definition) is 6. The molecule has 9 rings (SSSR count). The molecule has 0 aliphatic heterocycles. The van der Waals surface area contributed by atoms with E-state index in [0.29, 0.717) is 66.4 Å². The summed E-state index contributed by atoms with van der Waals surface area (Å²) in [7, 11) is -12.0. The number of nitrogens with one attached hydrogen (secondary N) is 3. The van der Waals surface area contributed by atoms with Crippen molar-refractivity contribution in [3.63, 3.8) is 0 Å². The fraction of sp³-hybridized carbons (Fsp3) is 0.230. The van der Waals surface area contributed by atoms with E-state index in [4.69, 9.17) is 0 Å². The summed E-state index contributed by atoms with van der Waals surface area (Å²) in [6, 6.07) is 57.6. The van der Waals surface area contributed by atoms with Gasteiger partial charge >= 0.3 is 24.1 Å². The Morgan fingerprint density at radius 1 is 0.388 bits per heavy atom. The van der Waals surface area contributed by atoms with Gasteiger partial charge in [-0.25, -0.2) is 39.6 Å². The van der Waals surface area contributed by atoms with Crippen molar-refractivity contribution in [2.75, 3.05) is 14.2 Å². The van der Waals surface area contributed by atoms with Gasteiger partial charge < -0.3 is 15.3 Å². The fourth-order valence-electron chi connectivity index (χ4n) is 10.8. The number of halogens is 3. The van der Waals surface area contributed by atoms with Crippen LogP contribution in [-0.4, -0.2) is 63.4 Å². The van der Waals surface area contributed by atoms with Crippen LogP contribution < -0.4 is 14.2 Å². The average Bonchev–Trinajstić information content (AvgIpc) is 0.814. The highest BCUT2D eigenvalue weighted by Gasteiger charge is 2.32. The van der Waals surface area contributed by atoms with E-state index in [2.05, 4.69) is 14.2 Å². The molecule has 0 aliphatic carbocycles. The highest BCUT2D eigenvalue weighted by Crippen LogP contribution is 2.33. The number of alkyl halides is 3. The van der Waals surface area contributed by atoms with E-state index in [-0.39, 0.29) is 15.4 Å². The summed E-state index contributed by atoms with van der Waals surface area (Å²) in [6.45, 7) is 1.92. The smallest absolute Gasteiger partial charge is 0.416 e. The first-order valence-corrected chi connectivity index (χ1v) is 35.9. The van der Waals surface area contributed by atoms with Crippen LogP contribution in [0.1, 0.15) is 133 Å². The number of nitrogens with zero attached hydrogens (tertiary/aromatic N) is 1. The zero-order chi connectivity index (χ0) is 70.9. The van der Waals surface area contributed by atoms with Gasteiger partial charge in [-0.2, -0.15) is 13.2 Å². The van der Waals surface area contributed by atoms with Crippen LogP contribution in [0.5, 0.6) is 0 Å². The van der Waals surface area contributed by atoms with Gasteiger partial charge in [0.15, 0.2) is 4.90 Å². The molecule has 0 saturated carbocycles. The molecule has 0 unspecified atom stereocenters. The van der Waals surface area contributed by atoms with Crippen LogP contribution in [0.15, 0.2) is 233 Å². The van der Waals surface area contributed by atoms with Crippen LogP contribution in [-0.2, 0) is 74.8 Å². The van der Waals surface area contributed by atoms with Crippen molar-refractivity contribution in [1.82, 2.24) is 0 Å². The van der Waals surface area contributed by atoms with Gasteiger partial charge in [-0.05, 0) is 190 Å². The van der Waals surface area contributed by atoms with Crippen LogP contribution >= 0.6 is 0 Å². The molecule has 0 fully saturated rings. The van der Waals surface area contributed by atoms with E-state index in [1.165, 1.54) is 18.2 Å². The number of aromatic carboxylic acids is 3. The molecule has 9 aromatic carbocycles. The maximum absolute atomic E-state index is 13.0. The second-order valence-electron chi connectivity index (χ2n) is 22.9. The zero-order valence-electron chi connectivity index (χ0n) is 53.5. The molecule has 24 heteroatoms. The predicted molar refractivity (Wildman–Crippen MR) is 371 cm³/mol. The molecule has 0 radical (unpaired) electrons. The largest absolute Gasteiger partial charge is 0.478 e. The number of carboxylic acids is 3. The van der Waals surface area contributed by atoms with E-state index in [9.17, 15) is 78.2 Å². The maximum Gasteiger partial charge on any atom is 0.416 e. The Bertz CT molecular complexity index is 4570. The summed E-state index contributed by atoms with van der Waals surface area (Å²) in [5.41, 5.74) is 6.61. The first-order valence-electron chi connectivity index (χ1n) is 31.5. The molecule has 0 amide bonds. The number of carbonyl (C=O) groups is 3. The third-order valence-corrected chi connectivity index (χ3v) is 20.0. The summed E-state index contributed by atoms with van der Waals surface area (Å²) in [4.78, 5) is 43.8. The summed E-state index contributed by atoms with van der Waals surface area (Å²) >= 11 is 0. The number of hydrogen-bond acceptors (Lipinski definition) is 11. The van der Waals surface area contributed by atoms with Crippen molar-refractivity contribution in [3.8, 4) is 0 Å². The van der Waals surface area contributed by atoms with Crippen LogP contribution in [0.25, 0.3) is 0 Å². The standard InChI is InChI=1S/C25H24F3NO4S.C25H27NO4S.C24H24N2O6S/c26-25(27,28)20-13-8-14-21(17-20)34(32,33)29-23-16-7-5-12-19(23)11-3-1-2-9-18-10-4-6-15-22(18)24(30)31;1-19-15-17-22(18-16-19)31(29,30)26-24-14-8-6-12-21(24)11-4-2-3-9-20-10-5-7-13-23(20)25(27)28;27-24(28)20-14-6-4-11-18(20)10-2-1-3-12-19-13-5-7-15-21(19)25-33(31,32)23-17-9-8-16-22(23)26(29)30/h4-8,10,12-17,29H,1-3,9,11H2,(H,30,31);5-8,10,12-18,26H,2-4,9,11H2,1H3,(H,27,28);4-9,11,13-17,25H,1-3,10,12H2,(H,27,28). The summed E-state index contributed by atoms with van der Waals surface area (Å²) in [5, 5.41) is 39.1.